The van der Waals surface area contributed by atoms with Crippen LogP contribution in [0.25, 0.3) is 0 Å². The highest BCUT2D eigenvalue weighted by Crippen LogP contribution is 2.19. The maximum atomic E-state index is 12.0. The number of hydrogen-bond acceptors (Lipinski definition) is 5. The van der Waals surface area contributed by atoms with E-state index in [0.717, 1.165) is 13.1 Å². The van der Waals surface area contributed by atoms with E-state index in [9.17, 15) is 4.79 Å². The minimum absolute atomic E-state index is 0.0825. The molecule has 0 aliphatic rings. The molecule has 0 unspecified atom stereocenters. The van der Waals surface area contributed by atoms with E-state index in [0.29, 0.717) is 12.3 Å². The maximum Gasteiger partial charge on any atom is 0.361 e. The van der Waals surface area contributed by atoms with E-state index in [1.165, 1.54) is 6.39 Å². The first-order valence-corrected chi connectivity index (χ1v) is 7.34. The SMILES string of the molecule is CCN(CC)CC#C[C@@H](C)OC(=O)c1ncoc1C(C)C. The molecule has 1 rings (SSSR count). The van der Waals surface area contributed by atoms with Crippen molar-refractivity contribution in [3.05, 3.63) is 17.8 Å². The van der Waals surface area contributed by atoms with Crippen molar-refractivity contribution in [2.45, 2.75) is 46.6 Å². The van der Waals surface area contributed by atoms with E-state index in [-0.39, 0.29) is 11.6 Å². The number of ether oxygens (including phenoxy) is 1. The molecule has 0 amide bonds. The summed E-state index contributed by atoms with van der Waals surface area (Å²) in [5.41, 5.74) is 0.238. The largest absolute Gasteiger partial charge is 0.447 e. The normalized spacial score (nSPS) is 12.1. The van der Waals surface area contributed by atoms with Crippen LogP contribution in [0.3, 0.4) is 0 Å². The molecule has 0 aromatic carbocycles. The molecule has 5 nitrogen and oxygen atoms in total. The minimum Gasteiger partial charge on any atom is -0.447 e. The van der Waals surface area contributed by atoms with Crippen molar-refractivity contribution in [2.75, 3.05) is 19.6 Å². The Bertz CT molecular complexity index is 507. The minimum atomic E-state index is -0.489. The second kappa shape index (κ2) is 8.48. The van der Waals surface area contributed by atoms with Gasteiger partial charge >= 0.3 is 5.97 Å². The van der Waals surface area contributed by atoms with Gasteiger partial charge in [-0.05, 0) is 20.0 Å². The van der Waals surface area contributed by atoms with Gasteiger partial charge in [-0.1, -0.05) is 39.5 Å². The Morgan fingerprint density at radius 3 is 2.62 bits per heavy atom. The summed E-state index contributed by atoms with van der Waals surface area (Å²) in [4.78, 5) is 18.1. The zero-order valence-corrected chi connectivity index (χ0v) is 13.5. The predicted octanol–water partition coefficient (Wildman–Crippen LogP) is 2.69. The van der Waals surface area contributed by atoms with Crippen LogP contribution in [0.1, 0.15) is 56.8 Å². The average molecular weight is 292 g/mol. The topological polar surface area (TPSA) is 55.6 Å². The van der Waals surface area contributed by atoms with E-state index in [4.69, 9.17) is 9.15 Å². The Balaban J connectivity index is 2.58. The van der Waals surface area contributed by atoms with Gasteiger partial charge in [-0.2, -0.15) is 0 Å². The molecule has 0 N–H and O–H groups in total. The summed E-state index contributed by atoms with van der Waals surface area (Å²) in [7, 11) is 0. The Morgan fingerprint density at radius 2 is 2.05 bits per heavy atom. The molecule has 0 saturated heterocycles. The molecule has 0 fully saturated rings. The third-order valence-corrected chi connectivity index (χ3v) is 3.10. The second-order valence-corrected chi connectivity index (χ2v) is 5.05. The van der Waals surface area contributed by atoms with Gasteiger partial charge in [0.25, 0.3) is 0 Å². The quantitative estimate of drug-likeness (QED) is 0.596. The van der Waals surface area contributed by atoms with Crippen molar-refractivity contribution >= 4 is 5.97 Å². The van der Waals surface area contributed by atoms with Gasteiger partial charge in [-0.25, -0.2) is 9.78 Å². The van der Waals surface area contributed by atoms with Crippen molar-refractivity contribution in [1.29, 1.82) is 0 Å². The summed E-state index contributed by atoms with van der Waals surface area (Å²) in [5, 5.41) is 0. The molecule has 1 aromatic rings. The lowest BCUT2D eigenvalue weighted by molar-refractivity contribution is 0.0429. The molecule has 0 radical (unpaired) electrons. The van der Waals surface area contributed by atoms with E-state index in [2.05, 4.69) is 35.6 Å². The van der Waals surface area contributed by atoms with Crippen LogP contribution in [-0.2, 0) is 4.74 Å². The monoisotopic (exact) mass is 292 g/mol. The number of rotatable bonds is 6. The summed E-state index contributed by atoms with van der Waals surface area (Å²) in [6.07, 6.45) is 0.799. The summed E-state index contributed by atoms with van der Waals surface area (Å²) in [6, 6.07) is 0. The van der Waals surface area contributed by atoms with E-state index < -0.39 is 12.1 Å². The fourth-order valence-electron chi connectivity index (χ4n) is 1.81. The van der Waals surface area contributed by atoms with Gasteiger partial charge < -0.3 is 9.15 Å². The van der Waals surface area contributed by atoms with Crippen molar-refractivity contribution < 1.29 is 13.9 Å². The predicted molar refractivity (Wildman–Crippen MR) is 81.0 cm³/mol. The Labute approximate surface area is 126 Å². The number of hydrogen-bond donors (Lipinski definition) is 0. The van der Waals surface area contributed by atoms with Gasteiger partial charge in [-0.15, -0.1) is 0 Å². The fraction of sp³-hybridized carbons (Fsp3) is 0.625. The number of carbonyl (C=O) groups is 1. The highest BCUT2D eigenvalue weighted by Gasteiger charge is 2.21. The Morgan fingerprint density at radius 1 is 1.38 bits per heavy atom. The number of oxazole rings is 1. The lowest BCUT2D eigenvalue weighted by Gasteiger charge is -2.13. The van der Waals surface area contributed by atoms with Gasteiger partial charge in [-0.3, -0.25) is 4.90 Å². The molecule has 0 aliphatic heterocycles. The first-order valence-electron chi connectivity index (χ1n) is 7.34. The molecule has 0 spiro atoms. The van der Waals surface area contributed by atoms with E-state index in [1.807, 2.05) is 13.8 Å². The van der Waals surface area contributed by atoms with Gasteiger partial charge in [0, 0.05) is 5.92 Å². The maximum absolute atomic E-state index is 12.0. The number of esters is 1. The first kappa shape index (κ1) is 17.3. The lowest BCUT2D eigenvalue weighted by atomic mass is 10.1. The molecule has 5 heteroatoms. The highest BCUT2D eigenvalue weighted by atomic mass is 16.5. The molecule has 0 bridgehead atoms. The van der Waals surface area contributed by atoms with Crippen molar-refractivity contribution in [1.82, 2.24) is 9.88 Å². The fourth-order valence-corrected chi connectivity index (χ4v) is 1.81. The smallest absolute Gasteiger partial charge is 0.361 e. The summed E-state index contributed by atoms with van der Waals surface area (Å²) < 4.78 is 10.5. The van der Waals surface area contributed by atoms with Crippen molar-refractivity contribution in [3.8, 4) is 11.8 Å². The lowest BCUT2D eigenvalue weighted by Crippen LogP contribution is -2.23. The third-order valence-electron chi connectivity index (χ3n) is 3.10. The Kier molecular flexibility index (Phi) is 6.97. The van der Waals surface area contributed by atoms with Crippen LogP contribution in [0, 0.1) is 11.8 Å². The molecule has 1 heterocycles. The van der Waals surface area contributed by atoms with Crippen LogP contribution in [0.2, 0.25) is 0 Å². The second-order valence-electron chi connectivity index (χ2n) is 5.05. The average Bonchev–Trinajstić information content (AvgIpc) is 2.93. The van der Waals surface area contributed by atoms with Crippen molar-refractivity contribution in [3.63, 3.8) is 0 Å². The number of carbonyl (C=O) groups excluding carboxylic acids is 1. The van der Waals surface area contributed by atoms with Gasteiger partial charge in [0.15, 0.2) is 18.2 Å². The first-order chi connectivity index (χ1) is 9.99. The Hall–Kier alpha value is -1.80. The molecule has 1 atom stereocenters. The summed E-state index contributed by atoms with van der Waals surface area (Å²) in [5.74, 6) is 6.10. The van der Waals surface area contributed by atoms with E-state index in [1.54, 1.807) is 6.92 Å². The molecular formula is C16H24N2O3. The molecule has 0 aliphatic carbocycles. The molecule has 116 valence electrons. The number of nitrogens with zero attached hydrogens (tertiary/aromatic N) is 2. The van der Waals surface area contributed by atoms with Crippen LogP contribution >= 0.6 is 0 Å². The molecular weight excluding hydrogens is 268 g/mol. The molecule has 1 aromatic heterocycles. The van der Waals surface area contributed by atoms with Gasteiger partial charge in [0.05, 0.1) is 6.54 Å². The van der Waals surface area contributed by atoms with Crippen LogP contribution in [0.5, 0.6) is 0 Å². The molecule has 0 saturated carbocycles. The summed E-state index contributed by atoms with van der Waals surface area (Å²) in [6.45, 7) is 12.4. The third kappa shape index (κ3) is 5.24. The van der Waals surface area contributed by atoms with Crippen molar-refractivity contribution in [2.24, 2.45) is 0 Å². The van der Waals surface area contributed by atoms with Crippen LogP contribution in [0.15, 0.2) is 10.8 Å². The van der Waals surface area contributed by atoms with Crippen LogP contribution in [-0.4, -0.2) is 41.6 Å². The van der Waals surface area contributed by atoms with Gasteiger partial charge in [0.2, 0.25) is 0 Å². The highest BCUT2D eigenvalue weighted by molar-refractivity contribution is 5.88. The zero-order valence-electron chi connectivity index (χ0n) is 13.5. The summed E-state index contributed by atoms with van der Waals surface area (Å²) >= 11 is 0. The molecule has 21 heavy (non-hydrogen) atoms. The van der Waals surface area contributed by atoms with Gasteiger partial charge in [0.1, 0.15) is 5.76 Å². The van der Waals surface area contributed by atoms with Crippen LogP contribution in [0.4, 0.5) is 0 Å². The zero-order chi connectivity index (χ0) is 15.8. The standard InChI is InChI=1S/C16H24N2O3/c1-6-18(7-2)10-8-9-13(5)21-16(19)14-15(12(3)4)20-11-17-14/h11-13H,6-7,10H2,1-5H3/t13-/m1/s1. The number of aromatic nitrogens is 1. The van der Waals surface area contributed by atoms with Crippen LogP contribution < -0.4 is 0 Å². The van der Waals surface area contributed by atoms with E-state index >= 15 is 0 Å².